The van der Waals surface area contributed by atoms with Crippen LogP contribution in [0.1, 0.15) is 46.5 Å². The molecular formula is C32H45N3O6. The van der Waals surface area contributed by atoms with Crippen LogP contribution >= 0.6 is 0 Å². The second-order valence-corrected chi connectivity index (χ2v) is 11.8. The average molecular weight is 568 g/mol. The van der Waals surface area contributed by atoms with Crippen molar-refractivity contribution < 1.29 is 29.0 Å². The summed E-state index contributed by atoms with van der Waals surface area (Å²) in [6, 6.07) is 5.58. The van der Waals surface area contributed by atoms with Crippen molar-refractivity contribution in [2.24, 2.45) is 17.8 Å². The molecule has 1 spiro atoms. The molecule has 3 fully saturated rings. The first-order chi connectivity index (χ1) is 19.7. The quantitative estimate of drug-likeness (QED) is 0.346. The lowest BCUT2D eigenvalue weighted by molar-refractivity contribution is -0.147. The van der Waals surface area contributed by atoms with Crippen molar-refractivity contribution in [2.75, 3.05) is 38.3 Å². The van der Waals surface area contributed by atoms with Crippen molar-refractivity contribution in [3.05, 3.63) is 49.6 Å². The fourth-order valence-electron chi connectivity index (χ4n) is 7.16. The highest BCUT2D eigenvalue weighted by molar-refractivity contribution is 6.05. The van der Waals surface area contributed by atoms with Crippen molar-refractivity contribution >= 4 is 23.4 Å². The molecule has 6 atom stereocenters. The van der Waals surface area contributed by atoms with Crippen LogP contribution in [0.2, 0.25) is 0 Å². The minimum Gasteiger partial charge on any atom is -0.497 e. The van der Waals surface area contributed by atoms with Crippen molar-refractivity contribution in [2.45, 2.75) is 70.2 Å². The van der Waals surface area contributed by atoms with Crippen LogP contribution in [-0.4, -0.2) is 89.8 Å². The minimum absolute atomic E-state index is 0.132. The predicted molar refractivity (Wildman–Crippen MR) is 157 cm³/mol. The zero-order valence-corrected chi connectivity index (χ0v) is 24.8. The Kier molecular flexibility index (Phi) is 9.59. The molecule has 1 N–H and O–H groups in total. The Labute approximate surface area is 243 Å². The van der Waals surface area contributed by atoms with E-state index < -0.39 is 35.6 Å². The maximum atomic E-state index is 14.7. The molecule has 41 heavy (non-hydrogen) atoms. The fourth-order valence-corrected chi connectivity index (χ4v) is 7.16. The summed E-state index contributed by atoms with van der Waals surface area (Å²) in [6.07, 6.45) is 5.26. The first kappa shape index (κ1) is 30.8. The lowest BCUT2D eigenvalue weighted by Gasteiger charge is -2.39. The first-order valence-electron chi connectivity index (χ1n) is 14.8. The number of anilines is 1. The maximum Gasteiger partial charge on any atom is 0.253 e. The van der Waals surface area contributed by atoms with Gasteiger partial charge in [0, 0.05) is 25.3 Å². The van der Waals surface area contributed by atoms with Gasteiger partial charge in [0.05, 0.1) is 37.7 Å². The number of hydrogen-bond acceptors (Lipinski definition) is 6. The third kappa shape index (κ3) is 5.42. The number of benzene rings is 1. The van der Waals surface area contributed by atoms with E-state index in [1.807, 2.05) is 20.8 Å². The van der Waals surface area contributed by atoms with Crippen molar-refractivity contribution in [1.29, 1.82) is 0 Å². The number of carbonyl (C=O) groups is 3. The van der Waals surface area contributed by atoms with E-state index in [1.54, 1.807) is 58.2 Å². The molecule has 0 aromatic heterocycles. The van der Waals surface area contributed by atoms with Gasteiger partial charge in [-0.3, -0.25) is 14.4 Å². The van der Waals surface area contributed by atoms with E-state index in [-0.39, 0.29) is 36.8 Å². The van der Waals surface area contributed by atoms with Crippen LogP contribution in [0.4, 0.5) is 5.69 Å². The maximum absolute atomic E-state index is 14.7. The summed E-state index contributed by atoms with van der Waals surface area (Å²) in [4.78, 5) is 48.0. The number of fused-ring (bicyclic) bond motifs is 1. The van der Waals surface area contributed by atoms with Crippen LogP contribution in [0.25, 0.3) is 0 Å². The van der Waals surface area contributed by atoms with Crippen LogP contribution in [-0.2, 0) is 19.1 Å². The van der Waals surface area contributed by atoms with Gasteiger partial charge in [-0.2, -0.15) is 0 Å². The van der Waals surface area contributed by atoms with Gasteiger partial charge in [-0.05, 0) is 55.9 Å². The molecule has 9 heteroatoms. The number of rotatable bonds is 14. The molecule has 0 radical (unpaired) electrons. The lowest BCUT2D eigenvalue weighted by atomic mass is 9.70. The zero-order valence-electron chi connectivity index (χ0n) is 24.8. The summed E-state index contributed by atoms with van der Waals surface area (Å²) in [5, 5.41) is 10.5. The molecule has 3 amide bonds. The van der Waals surface area contributed by atoms with Crippen LogP contribution in [0.5, 0.6) is 5.75 Å². The number of aliphatic hydroxyl groups excluding tert-OH is 1. The van der Waals surface area contributed by atoms with Crippen LogP contribution < -0.4 is 9.64 Å². The fraction of sp³-hybridized carbons (Fsp3) is 0.594. The lowest BCUT2D eigenvalue weighted by Crippen LogP contribution is -2.59. The van der Waals surface area contributed by atoms with Crippen LogP contribution in [0.15, 0.2) is 49.6 Å². The molecule has 3 aliphatic heterocycles. The summed E-state index contributed by atoms with van der Waals surface area (Å²) < 4.78 is 11.9. The third-order valence-corrected chi connectivity index (χ3v) is 8.72. The summed E-state index contributed by atoms with van der Waals surface area (Å²) in [5.74, 6) is -1.38. The van der Waals surface area contributed by atoms with E-state index in [0.29, 0.717) is 43.8 Å². The predicted octanol–water partition coefficient (Wildman–Crippen LogP) is 3.42. The van der Waals surface area contributed by atoms with E-state index in [4.69, 9.17) is 9.47 Å². The molecule has 3 saturated heterocycles. The second kappa shape index (κ2) is 12.8. The van der Waals surface area contributed by atoms with E-state index in [1.165, 1.54) is 0 Å². The highest BCUT2D eigenvalue weighted by Gasteiger charge is 2.75. The molecule has 0 saturated carbocycles. The number of methoxy groups -OCH3 is 1. The Hall–Kier alpha value is -3.17. The molecule has 1 aromatic carbocycles. The van der Waals surface area contributed by atoms with Gasteiger partial charge in [0.25, 0.3) is 5.91 Å². The Balaban J connectivity index is 1.81. The van der Waals surface area contributed by atoms with E-state index in [2.05, 4.69) is 13.2 Å². The molecule has 2 bridgehead atoms. The number of carbonyl (C=O) groups excluding carboxylic acids is 3. The number of hydrogen-bond donors (Lipinski definition) is 1. The Morgan fingerprint density at radius 3 is 2.44 bits per heavy atom. The standard InChI is InChI=1S/C32H45N3O6/c1-7-16-33(17-8-2)29(37)26-25-14-15-32(41-25)27(26)30(38)35(23(20-36)19-21(4)5)28(32)31(39)34(18-9-3)22-10-12-24(40-6)13-11-22/h7,9-13,21,23,25-28,36H,1,3,8,14-20H2,2,4-6H3/t23-,25-,26+,27+,28?,32?/m1/s1. The number of amides is 3. The smallest absolute Gasteiger partial charge is 0.253 e. The van der Waals surface area contributed by atoms with Gasteiger partial charge in [-0.25, -0.2) is 0 Å². The monoisotopic (exact) mass is 567 g/mol. The van der Waals surface area contributed by atoms with Gasteiger partial charge in [-0.1, -0.05) is 32.9 Å². The van der Waals surface area contributed by atoms with Gasteiger partial charge in [0.2, 0.25) is 11.8 Å². The van der Waals surface area contributed by atoms with Crippen molar-refractivity contribution in [3.8, 4) is 5.75 Å². The Morgan fingerprint density at radius 1 is 1.20 bits per heavy atom. The minimum atomic E-state index is -1.15. The van der Waals surface area contributed by atoms with Gasteiger partial charge in [0.15, 0.2) is 0 Å². The molecule has 2 unspecified atom stereocenters. The summed E-state index contributed by atoms with van der Waals surface area (Å²) in [5.41, 5.74) is -0.519. The number of aliphatic hydroxyl groups is 1. The highest BCUT2D eigenvalue weighted by atomic mass is 16.5. The second-order valence-electron chi connectivity index (χ2n) is 11.8. The Morgan fingerprint density at radius 2 is 1.88 bits per heavy atom. The molecule has 9 nitrogen and oxygen atoms in total. The largest absolute Gasteiger partial charge is 0.497 e. The van der Waals surface area contributed by atoms with Gasteiger partial charge >= 0.3 is 0 Å². The normalized spacial score (nSPS) is 27.1. The molecule has 4 rings (SSSR count). The van der Waals surface area contributed by atoms with Gasteiger partial charge in [0.1, 0.15) is 17.4 Å². The first-order valence-corrected chi connectivity index (χ1v) is 14.8. The van der Waals surface area contributed by atoms with Crippen molar-refractivity contribution in [3.63, 3.8) is 0 Å². The summed E-state index contributed by atoms with van der Waals surface area (Å²) in [7, 11) is 1.58. The molecular weight excluding hydrogens is 522 g/mol. The SMILES string of the molecule is C=CCN(CCC)C(=O)[C@@H]1[C@H]2C(=O)N([C@@H](CO)CC(C)C)C(C(=O)N(CC=C)c3ccc(OC)cc3)C23CC[C@H]1O3. The van der Waals surface area contributed by atoms with Gasteiger partial charge in [-0.15, -0.1) is 13.2 Å². The molecule has 0 aliphatic carbocycles. The third-order valence-electron chi connectivity index (χ3n) is 8.72. The molecule has 1 aromatic rings. The molecule has 3 aliphatic rings. The molecule has 224 valence electrons. The van der Waals surface area contributed by atoms with E-state index >= 15 is 0 Å². The summed E-state index contributed by atoms with van der Waals surface area (Å²) in [6.45, 7) is 14.6. The highest BCUT2D eigenvalue weighted by Crippen LogP contribution is 2.59. The average Bonchev–Trinajstić information content (AvgIpc) is 3.61. The van der Waals surface area contributed by atoms with Gasteiger partial charge < -0.3 is 29.3 Å². The zero-order chi connectivity index (χ0) is 29.9. The summed E-state index contributed by atoms with van der Waals surface area (Å²) >= 11 is 0. The molecule has 3 heterocycles. The van der Waals surface area contributed by atoms with E-state index in [9.17, 15) is 19.5 Å². The van der Waals surface area contributed by atoms with E-state index in [0.717, 1.165) is 6.42 Å². The number of nitrogens with zero attached hydrogens (tertiary/aromatic N) is 3. The van der Waals surface area contributed by atoms with Crippen LogP contribution in [0.3, 0.4) is 0 Å². The topological polar surface area (TPSA) is 99.6 Å². The Bertz CT molecular complexity index is 1140. The van der Waals surface area contributed by atoms with Crippen molar-refractivity contribution in [1.82, 2.24) is 9.80 Å². The number of likely N-dealkylation sites (tertiary alicyclic amines) is 1. The van der Waals surface area contributed by atoms with Crippen LogP contribution in [0, 0.1) is 17.8 Å². The number of ether oxygens (including phenoxy) is 2.